The van der Waals surface area contributed by atoms with Crippen molar-refractivity contribution in [3.05, 3.63) is 53.6 Å². The summed E-state index contributed by atoms with van der Waals surface area (Å²) in [5.41, 5.74) is 1.29. The molecule has 5 nitrogen and oxygen atoms in total. The highest BCUT2D eigenvalue weighted by Gasteiger charge is 2.64. The number of likely N-dealkylation sites (tertiary alicyclic amines) is 2. The Kier molecular flexibility index (Phi) is 4.16. The van der Waals surface area contributed by atoms with Gasteiger partial charge in [0, 0.05) is 55.7 Å². The van der Waals surface area contributed by atoms with Gasteiger partial charge in [0.2, 0.25) is 0 Å². The average Bonchev–Trinajstić information content (AvgIpc) is 3.63. The van der Waals surface area contributed by atoms with Crippen molar-refractivity contribution in [3.63, 3.8) is 0 Å². The maximum absolute atomic E-state index is 13.3. The largest absolute Gasteiger partial charge is 0.398 e. The summed E-state index contributed by atoms with van der Waals surface area (Å²) in [6.45, 7) is 2.96. The summed E-state index contributed by atoms with van der Waals surface area (Å²) in [5, 5.41) is 0. The van der Waals surface area contributed by atoms with Crippen molar-refractivity contribution in [2.45, 2.75) is 68.0 Å². The predicted octanol–water partition coefficient (Wildman–Crippen LogP) is 5.21. The van der Waals surface area contributed by atoms with Crippen LogP contribution < -0.4 is 0 Å². The van der Waals surface area contributed by atoms with E-state index in [1.165, 1.54) is 18.5 Å². The number of nitrogens with zero attached hydrogens (tertiary/aromatic N) is 4. The monoisotopic (exact) mass is 470 g/mol. The van der Waals surface area contributed by atoms with Crippen LogP contribution >= 0.6 is 0 Å². The molecule has 2 aromatic rings. The van der Waals surface area contributed by atoms with Crippen LogP contribution in [0.25, 0.3) is 0 Å². The van der Waals surface area contributed by atoms with Crippen molar-refractivity contribution in [2.24, 2.45) is 5.41 Å². The van der Waals surface area contributed by atoms with Crippen molar-refractivity contribution in [2.75, 3.05) is 26.2 Å². The zero-order valence-corrected chi connectivity index (χ0v) is 19.1. The highest BCUT2D eigenvalue weighted by Crippen LogP contribution is 2.59. The lowest BCUT2D eigenvalue weighted by Gasteiger charge is -2.60. The minimum absolute atomic E-state index is 0.106. The second-order valence-corrected chi connectivity index (χ2v) is 11.5. The Bertz CT molecular complexity index is 1110. The molecule has 34 heavy (non-hydrogen) atoms. The van der Waals surface area contributed by atoms with Gasteiger partial charge >= 0.3 is 12.2 Å². The third kappa shape index (κ3) is 3.13. The fourth-order valence-corrected chi connectivity index (χ4v) is 6.43. The van der Waals surface area contributed by atoms with Gasteiger partial charge in [0.05, 0.1) is 17.4 Å². The number of hydrogen-bond donors (Lipinski definition) is 0. The van der Waals surface area contributed by atoms with Gasteiger partial charge in [-0.1, -0.05) is 24.3 Å². The molecule has 1 aromatic heterocycles. The highest BCUT2D eigenvalue weighted by atomic mass is 19.4. The quantitative estimate of drug-likeness (QED) is 0.616. The Morgan fingerprint density at radius 2 is 1.65 bits per heavy atom. The fourth-order valence-electron chi connectivity index (χ4n) is 6.43. The van der Waals surface area contributed by atoms with E-state index in [9.17, 15) is 18.0 Å². The lowest BCUT2D eigenvalue weighted by Crippen LogP contribution is -2.67. The number of benzene rings is 1. The third-order valence-electron chi connectivity index (χ3n) is 9.08. The topological polar surface area (TPSA) is 41.4 Å². The summed E-state index contributed by atoms with van der Waals surface area (Å²) in [4.78, 5) is 21.3. The van der Waals surface area contributed by atoms with Crippen molar-refractivity contribution < 1.29 is 18.0 Å². The Hall–Kier alpha value is -2.51. The second kappa shape index (κ2) is 6.79. The first kappa shape index (κ1) is 20.8. The van der Waals surface area contributed by atoms with Crippen LogP contribution in [0, 0.1) is 5.41 Å². The summed E-state index contributed by atoms with van der Waals surface area (Å²) in [6.07, 6.45) is 5.16. The molecular formula is C26H29F3N4O. The SMILES string of the molecule is O=C(N1CC(c2ccc(C3(C(F)(F)F)CC3)cc2)C1)N1CC2(CC(n3cnc(C4CC4)c3)C2)C1. The molecule has 1 spiro atoms. The molecule has 3 aliphatic carbocycles. The molecule has 5 aliphatic rings. The van der Waals surface area contributed by atoms with Crippen LogP contribution in [-0.2, 0) is 5.41 Å². The van der Waals surface area contributed by atoms with Crippen LogP contribution in [0.5, 0.6) is 0 Å². The average molecular weight is 471 g/mol. The van der Waals surface area contributed by atoms with Gasteiger partial charge in [-0.05, 0) is 49.7 Å². The molecule has 2 saturated heterocycles. The standard InChI is InChI=1S/C26H29F3N4O/c27-26(28,29)25(7-8-25)20-5-3-17(4-6-20)19-11-31(12-19)23(34)33-14-24(15-33)9-21(10-24)32-13-22(30-16-32)18-1-2-18/h3-6,13,16,18-19,21H,1-2,7-12,14-15H2. The Morgan fingerprint density at radius 1 is 0.971 bits per heavy atom. The van der Waals surface area contributed by atoms with Crippen LogP contribution in [0.1, 0.15) is 73.2 Å². The number of halogens is 3. The molecule has 2 amide bonds. The van der Waals surface area contributed by atoms with E-state index in [-0.39, 0.29) is 30.2 Å². The number of rotatable bonds is 4. The molecule has 0 radical (unpaired) electrons. The summed E-state index contributed by atoms with van der Waals surface area (Å²) in [7, 11) is 0. The molecule has 5 fully saturated rings. The van der Waals surface area contributed by atoms with Gasteiger partial charge in [-0.15, -0.1) is 0 Å². The van der Waals surface area contributed by atoms with Crippen molar-refractivity contribution in [3.8, 4) is 0 Å². The maximum atomic E-state index is 13.3. The van der Waals surface area contributed by atoms with Crippen LogP contribution in [0.3, 0.4) is 0 Å². The summed E-state index contributed by atoms with van der Waals surface area (Å²) in [5.74, 6) is 0.893. The van der Waals surface area contributed by atoms with Gasteiger partial charge in [-0.2, -0.15) is 13.2 Å². The number of carbonyl (C=O) groups is 1. The molecule has 3 saturated carbocycles. The predicted molar refractivity (Wildman–Crippen MR) is 120 cm³/mol. The first-order valence-corrected chi connectivity index (χ1v) is 12.5. The number of urea groups is 1. The third-order valence-corrected chi connectivity index (χ3v) is 9.08. The van der Waals surface area contributed by atoms with E-state index in [0.717, 1.165) is 31.5 Å². The van der Waals surface area contributed by atoms with Crippen molar-refractivity contribution >= 4 is 6.03 Å². The molecule has 180 valence electrons. The number of imidazole rings is 1. The molecule has 3 heterocycles. The number of hydrogen-bond acceptors (Lipinski definition) is 2. The Labute approximate surface area is 196 Å². The Morgan fingerprint density at radius 3 is 2.24 bits per heavy atom. The van der Waals surface area contributed by atoms with Gasteiger partial charge in [-0.25, -0.2) is 9.78 Å². The highest BCUT2D eigenvalue weighted by molar-refractivity contribution is 5.77. The minimum Gasteiger partial charge on any atom is -0.334 e. The van der Waals surface area contributed by atoms with E-state index in [2.05, 4.69) is 15.7 Å². The van der Waals surface area contributed by atoms with E-state index >= 15 is 0 Å². The molecule has 8 heteroatoms. The van der Waals surface area contributed by atoms with E-state index in [1.54, 1.807) is 12.1 Å². The molecular weight excluding hydrogens is 441 g/mol. The van der Waals surface area contributed by atoms with E-state index in [0.29, 0.717) is 30.6 Å². The number of aromatic nitrogens is 2. The zero-order valence-electron chi connectivity index (χ0n) is 19.1. The first-order valence-electron chi connectivity index (χ1n) is 12.5. The van der Waals surface area contributed by atoms with Gasteiger partial charge < -0.3 is 14.4 Å². The molecule has 0 atom stereocenters. The minimum atomic E-state index is -4.18. The molecule has 7 rings (SSSR count). The second-order valence-electron chi connectivity index (χ2n) is 11.5. The smallest absolute Gasteiger partial charge is 0.334 e. The van der Waals surface area contributed by atoms with Crippen LogP contribution in [0.2, 0.25) is 0 Å². The van der Waals surface area contributed by atoms with Gasteiger partial charge in [-0.3, -0.25) is 0 Å². The molecule has 2 aliphatic heterocycles. The molecule has 1 aromatic carbocycles. The first-order chi connectivity index (χ1) is 16.3. The van der Waals surface area contributed by atoms with Crippen LogP contribution in [0.4, 0.5) is 18.0 Å². The lowest BCUT2D eigenvalue weighted by molar-refractivity contribution is -0.160. The zero-order chi connectivity index (χ0) is 23.3. The van der Waals surface area contributed by atoms with Gasteiger partial charge in [0.25, 0.3) is 0 Å². The molecule has 0 unspecified atom stereocenters. The van der Waals surface area contributed by atoms with E-state index in [1.807, 2.05) is 28.3 Å². The lowest BCUT2D eigenvalue weighted by atomic mass is 9.60. The van der Waals surface area contributed by atoms with E-state index in [4.69, 9.17) is 0 Å². The Balaban J connectivity index is 0.893. The number of carbonyl (C=O) groups excluding carboxylic acids is 1. The number of alkyl halides is 3. The van der Waals surface area contributed by atoms with Crippen molar-refractivity contribution in [1.82, 2.24) is 19.4 Å². The van der Waals surface area contributed by atoms with E-state index < -0.39 is 11.6 Å². The van der Waals surface area contributed by atoms with Crippen LogP contribution in [-0.4, -0.2) is 57.7 Å². The summed E-state index contributed by atoms with van der Waals surface area (Å²) >= 11 is 0. The fraction of sp³-hybridized carbons (Fsp3) is 0.615. The molecule has 0 bridgehead atoms. The molecule has 0 N–H and O–H groups in total. The van der Waals surface area contributed by atoms with Gasteiger partial charge in [0.15, 0.2) is 0 Å². The van der Waals surface area contributed by atoms with Crippen LogP contribution in [0.15, 0.2) is 36.8 Å². The summed E-state index contributed by atoms with van der Waals surface area (Å²) < 4.78 is 42.3. The number of amides is 2. The maximum Gasteiger partial charge on any atom is 0.398 e. The van der Waals surface area contributed by atoms with Gasteiger partial charge in [0.1, 0.15) is 0 Å². The van der Waals surface area contributed by atoms with Crippen molar-refractivity contribution in [1.29, 1.82) is 0 Å². The normalized spacial score (nSPS) is 25.6. The summed E-state index contributed by atoms with van der Waals surface area (Å²) in [6, 6.07) is 7.55.